The highest BCUT2D eigenvalue weighted by Gasteiger charge is 2.33. The zero-order valence-electron chi connectivity index (χ0n) is 28.4. The molecule has 3 nitrogen and oxygen atoms in total. The van der Waals surface area contributed by atoms with E-state index in [-0.39, 0.29) is 30.5 Å². The Morgan fingerprint density at radius 3 is 1.94 bits per heavy atom. The highest BCUT2D eigenvalue weighted by molar-refractivity contribution is 5.79. The van der Waals surface area contributed by atoms with E-state index in [1.807, 2.05) is 32.0 Å². The topological polar surface area (TPSA) is 29.5 Å². The van der Waals surface area contributed by atoms with E-state index in [2.05, 4.69) is 18.7 Å². The molecular weight excluding hydrogens is 628 g/mol. The zero-order valence-corrected chi connectivity index (χ0v) is 28.4. The summed E-state index contributed by atoms with van der Waals surface area (Å²) >= 11 is 0. The molecule has 262 valence electrons. The molecule has 4 rings (SSSR count). The molecular formula is C39H47F6NO2. The molecule has 3 atom stereocenters. The molecule has 3 aromatic carbocycles. The molecule has 1 aliphatic rings. The Kier molecular flexibility index (Phi) is 12.4. The van der Waals surface area contributed by atoms with E-state index in [4.69, 9.17) is 4.74 Å². The molecule has 3 aromatic rings. The van der Waals surface area contributed by atoms with Gasteiger partial charge in [0.15, 0.2) is 0 Å². The lowest BCUT2D eigenvalue weighted by Gasteiger charge is -2.39. The Hall–Kier alpha value is -3.33. The van der Waals surface area contributed by atoms with E-state index >= 15 is 0 Å². The fraction of sp³-hybridized carbons (Fsp3) is 0.513. The van der Waals surface area contributed by atoms with Gasteiger partial charge in [0, 0.05) is 12.6 Å². The van der Waals surface area contributed by atoms with Crippen molar-refractivity contribution in [1.82, 2.24) is 4.90 Å². The number of hydrogen-bond donors (Lipinski definition) is 0. The molecule has 1 saturated heterocycles. The van der Waals surface area contributed by atoms with Crippen molar-refractivity contribution in [2.24, 2.45) is 11.8 Å². The fourth-order valence-corrected chi connectivity index (χ4v) is 6.72. The molecule has 3 unspecified atom stereocenters. The number of carbonyl (C=O) groups excluding carboxylic acids is 1. The van der Waals surface area contributed by atoms with E-state index in [1.54, 1.807) is 19.1 Å². The Bertz CT molecular complexity index is 1480. The maximum atomic E-state index is 13.4. The summed E-state index contributed by atoms with van der Waals surface area (Å²) < 4.78 is 85.7. The molecule has 1 fully saturated rings. The van der Waals surface area contributed by atoms with Crippen molar-refractivity contribution >= 4 is 5.97 Å². The highest BCUT2D eigenvalue weighted by Crippen LogP contribution is 2.40. The molecule has 0 amide bonds. The third kappa shape index (κ3) is 9.86. The van der Waals surface area contributed by atoms with Crippen molar-refractivity contribution in [2.45, 2.75) is 97.0 Å². The molecule has 9 heteroatoms. The molecule has 0 aromatic heterocycles. The highest BCUT2D eigenvalue weighted by atomic mass is 19.4. The number of halogens is 6. The summed E-state index contributed by atoms with van der Waals surface area (Å²) in [6, 6.07) is 16.5. The second kappa shape index (κ2) is 15.9. The van der Waals surface area contributed by atoms with Crippen LogP contribution in [0.15, 0.2) is 66.7 Å². The number of carbonyl (C=O) groups is 1. The van der Waals surface area contributed by atoms with Crippen LogP contribution in [0.2, 0.25) is 0 Å². The van der Waals surface area contributed by atoms with Gasteiger partial charge in [-0.05, 0) is 115 Å². The normalized spacial score (nSPS) is 17.5. The standard InChI is InChI=1S/C39H47F6NO2/c1-6-48-37(47)35(20-26(4)5)32-22-30(27-10-14-33(15-11-27)38(40,41)42)21-31(23-32)29-8-7-19-46(24-29)36(18-9-25(2)3)28-12-16-34(17-13-28)39(43,44)45/h10-17,21-23,25-26,29,35-36H,6-9,18-20,24H2,1-5H3. The van der Waals surface area contributed by atoms with Crippen LogP contribution in [0, 0.1) is 11.8 Å². The van der Waals surface area contributed by atoms with Gasteiger partial charge in [-0.1, -0.05) is 70.2 Å². The van der Waals surface area contributed by atoms with Crippen LogP contribution in [-0.4, -0.2) is 30.6 Å². The molecule has 0 spiro atoms. The van der Waals surface area contributed by atoms with Gasteiger partial charge >= 0.3 is 18.3 Å². The van der Waals surface area contributed by atoms with Crippen molar-refractivity contribution in [2.75, 3.05) is 19.7 Å². The Morgan fingerprint density at radius 2 is 1.40 bits per heavy atom. The number of ether oxygens (including phenoxy) is 1. The summed E-state index contributed by atoms with van der Waals surface area (Å²) in [6.07, 6.45) is -4.86. The Labute approximate surface area is 280 Å². The number of likely N-dealkylation sites (tertiary alicyclic amines) is 1. The first-order valence-corrected chi connectivity index (χ1v) is 17.0. The minimum atomic E-state index is -4.46. The zero-order chi connectivity index (χ0) is 35.2. The number of rotatable bonds is 12. The Morgan fingerprint density at radius 1 is 0.792 bits per heavy atom. The van der Waals surface area contributed by atoms with Crippen LogP contribution in [-0.2, 0) is 21.9 Å². The van der Waals surface area contributed by atoms with E-state index in [0.717, 1.165) is 78.7 Å². The third-order valence-electron chi connectivity index (χ3n) is 9.21. The predicted octanol–water partition coefficient (Wildman–Crippen LogP) is 11.4. The first-order chi connectivity index (χ1) is 22.6. The molecule has 0 saturated carbocycles. The second-order valence-corrected chi connectivity index (χ2v) is 13.8. The summed E-state index contributed by atoms with van der Waals surface area (Å²) in [5.74, 6) is -0.212. The molecule has 0 bridgehead atoms. The number of piperidine rings is 1. The fourth-order valence-electron chi connectivity index (χ4n) is 6.72. The molecule has 48 heavy (non-hydrogen) atoms. The SMILES string of the molecule is CCOC(=O)C(CC(C)C)c1cc(-c2ccc(C(F)(F)F)cc2)cc(C2CCCN(C(CCC(C)C)c3ccc(C(F)(F)F)cc3)C2)c1. The lowest BCUT2D eigenvalue weighted by Crippen LogP contribution is -2.37. The van der Waals surface area contributed by atoms with Crippen LogP contribution in [0.4, 0.5) is 26.3 Å². The monoisotopic (exact) mass is 675 g/mol. The minimum absolute atomic E-state index is 0.0461. The smallest absolute Gasteiger partial charge is 0.416 e. The summed E-state index contributed by atoms with van der Waals surface area (Å²) in [7, 11) is 0. The van der Waals surface area contributed by atoms with Gasteiger partial charge < -0.3 is 4.74 Å². The number of alkyl halides is 6. The number of hydrogen-bond acceptors (Lipinski definition) is 3. The largest absolute Gasteiger partial charge is 0.466 e. The predicted molar refractivity (Wildman–Crippen MR) is 178 cm³/mol. The van der Waals surface area contributed by atoms with Gasteiger partial charge in [-0.2, -0.15) is 26.3 Å². The van der Waals surface area contributed by atoms with Gasteiger partial charge in [-0.3, -0.25) is 9.69 Å². The van der Waals surface area contributed by atoms with Crippen molar-refractivity contribution < 1.29 is 35.9 Å². The van der Waals surface area contributed by atoms with Crippen LogP contribution in [0.1, 0.15) is 112 Å². The lowest BCUT2D eigenvalue weighted by atomic mass is 9.82. The van der Waals surface area contributed by atoms with Gasteiger partial charge in [0.25, 0.3) is 0 Å². The maximum Gasteiger partial charge on any atom is 0.416 e. The third-order valence-corrected chi connectivity index (χ3v) is 9.21. The van der Waals surface area contributed by atoms with Crippen LogP contribution in [0.5, 0.6) is 0 Å². The number of nitrogens with zero attached hydrogens (tertiary/aromatic N) is 1. The van der Waals surface area contributed by atoms with Crippen LogP contribution >= 0.6 is 0 Å². The van der Waals surface area contributed by atoms with E-state index < -0.39 is 29.4 Å². The number of benzene rings is 3. The molecule has 1 aliphatic heterocycles. The summed E-state index contributed by atoms with van der Waals surface area (Å²) in [6.45, 7) is 11.8. The van der Waals surface area contributed by atoms with Crippen molar-refractivity contribution in [3.63, 3.8) is 0 Å². The summed E-state index contributed by atoms with van der Waals surface area (Å²) in [4.78, 5) is 15.6. The molecule has 0 N–H and O–H groups in total. The van der Waals surface area contributed by atoms with Crippen molar-refractivity contribution in [1.29, 1.82) is 0 Å². The average Bonchev–Trinajstić information content (AvgIpc) is 3.03. The first-order valence-electron chi connectivity index (χ1n) is 17.0. The van der Waals surface area contributed by atoms with E-state index in [0.29, 0.717) is 24.4 Å². The number of esters is 1. The van der Waals surface area contributed by atoms with Crippen LogP contribution in [0.3, 0.4) is 0 Å². The average molecular weight is 676 g/mol. The Balaban J connectivity index is 1.75. The quantitative estimate of drug-likeness (QED) is 0.141. The van der Waals surface area contributed by atoms with Crippen molar-refractivity contribution in [3.05, 3.63) is 94.5 Å². The van der Waals surface area contributed by atoms with E-state index in [9.17, 15) is 31.1 Å². The summed E-state index contributed by atoms with van der Waals surface area (Å²) in [5, 5.41) is 0. The maximum absolute atomic E-state index is 13.4. The molecule has 0 radical (unpaired) electrons. The van der Waals surface area contributed by atoms with Gasteiger partial charge in [0.1, 0.15) is 0 Å². The molecule has 0 aliphatic carbocycles. The van der Waals surface area contributed by atoms with Gasteiger partial charge in [-0.25, -0.2) is 0 Å². The molecule has 1 heterocycles. The first kappa shape index (κ1) is 37.5. The minimum Gasteiger partial charge on any atom is -0.466 e. The van der Waals surface area contributed by atoms with Crippen LogP contribution in [0.25, 0.3) is 11.1 Å². The van der Waals surface area contributed by atoms with Crippen molar-refractivity contribution in [3.8, 4) is 11.1 Å². The summed E-state index contributed by atoms with van der Waals surface area (Å²) in [5.41, 5.74) is 2.55. The van der Waals surface area contributed by atoms with Gasteiger partial charge in [0.2, 0.25) is 0 Å². The van der Waals surface area contributed by atoms with Crippen LogP contribution < -0.4 is 0 Å². The second-order valence-electron chi connectivity index (χ2n) is 13.8. The lowest BCUT2D eigenvalue weighted by molar-refractivity contribution is -0.145. The van der Waals surface area contributed by atoms with Gasteiger partial charge in [0.05, 0.1) is 23.7 Å². The van der Waals surface area contributed by atoms with Gasteiger partial charge in [-0.15, -0.1) is 0 Å². The van der Waals surface area contributed by atoms with E-state index in [1.165, 1.54) is 12.1 Å².